The van der Waals surface area contributed by atoms with Crippen LogP contribution in [0.5, 0.6) is 5.75 Å². The topological polar surface area (TPSA) is 54.5 Å². The number of carbonyl (C=O) groups excluding carboxylic acids is 1. The highest BCUT2D eigenvalue weighted by Gasteiger charge is 2.21. The zero-order valence-corrected chi connectivity index (χ0v) is 17.1. The van der Waals surface area contributed by atoms with Gasteiger partial charge in [-0.1, -0.05) is 11.6 Å². The van der Waals surface area contributed by atoms with Gasteiger partial charge in [0.25, 0.3) is 5.91 Å². The Morgan fingerprint density at radius 3 is 2.55 bits per heavy atom. The summed E-state index contributed by atoms with van der Waals surface area (Å²) in [5.41, 5.74) is 4.31. The molecule has 0 atom stereocenters. The highest BCUT2D eigenvalue weighted by atomic mass is 16.5. The second kappa shape index (κ2) is 8.52. The summed E-state index contributed by atoms with van der Waals surface area (Å²) in [6, 6.07) is 15.9. The monoisotopic (exact) mass is 389 g/mol. The predicted octanol–water partition coefficient (Wildman–Crippen LogP) is 5.31. The summed E-state index contributed by atoms with van der Waals surface area (Å²) >= 11 is 0. The van der Waals surface area contributed by atoms with E-state index in [0.717, 1.165) is 59.5 Å². The summed E-state index contributed by atoms with van der Waals surface area (Å²) in [6.45, 7) is 6.30. The van der Waals surface area contributed by atoms with Crippen LogP contribution in [0.3, 0.4) is 0 Å². The third-order valence-corrected chi connectivity index (χ3v) is 5.27. The van der Waals surface area contributed by atoms with Crippen LogP contribution < -0.4 is 10.1 Å². The highest BCUT2D eigenvalue weighted by Crippen LogP contribution is 2.29. The number of anilines is 2. The minimum Gasteiger partial charge on any atom is -0.494 e. The number of aromatic nitrogens is 1. The summed E-state index contributed by atoms with van der Waals surface area (Å²) in [7, 11) is 0. The second-order valence-electron chi connectivity index (χ2n) is 7.51. The van der Waals surface area contributed by atoms with E-state index in [9.17, 15) is 4.79 Å². The van der Waals surface area contributed by atoms with Crippen molar-refractivity contribution in [3.63, 3.8) is 0 Å². The molecule has 5 nitrogen and oxygen atoms in total. The number of nitrogens with one attached hydrogen (secondary N) is 1. The Balaban J connectivity index is 1.70. The van der Waals surface area contributed by atoms with E-state index in [2.05, 4.69) is 23.3 Å². The fourth-order valence-corrected chi connectivity index (χ4v) is 3.77. The molecular formula is C24H27N3O2. The molecule has 1 aliphatic heterocycles. The smallest absolute Gasteiger partial charge is 0.272 e. The molecule has 0 spiro atoms. The molecule has 0 aliphatic carbocycles. The Morgan fingerprint density at radius 2 is 1.83 bits per heavy atom. The average Bonchev–Trinajstić information content (AvgIpc) is 2.75. The number of aryl methyl sites for hydroxylation is 1. The van der Waals surface area contributed by atoms with Gasteiger partial charge in [-0.3, -0.25) is 4.79 Å². The number of fused-ring (bicyclic) bond motifs is 1. The van der Waals surface area contributed by atoms with Crippen LogP contribution in [0.2, 0.25) is 0 Å². The molecule has 2 aromatic carbocycles. The van der Waals surface area contributed by atoms with Crippen LogP contribution >= 0.6 is 0 Å². The van der Waals surface area contributed by atoms with E-state index in [0.29, 0.717) is 12.3 Å². The van der Waals surface area contributed by atoms with Crippen molar-refractivity contribution in [1.82, 2.24) is 9.88 Å². The fraction of sp³-hybridized carbons (Fsp3) is 0.333. The van der Waals surface area contributed by atoms with E-state index < -0.39 is 0 Å². The maximum absolute atomic E-state index is 13.1. The number of nitrogens with zero attached hydrogens (tertiary/aromatic N) is 2. The molecule has 5 heteroatoms. The van der Waals surface area contributed by atoms with Crippen LogP contribution in [0.1, 0.15) is 42.2 Å². The average molecular weight is 389 g/mol. The Kier molecular flexibility index (Phi) is 5.65. The summed E-state index contributed by atoms with van der Waals surface area (Å²) in [6.07, 6.45) is 3.32. The van der Waals surface area contributed by atoms with Crippen LogP contribution in [0.25, 0.3) is 10.9 Å². The van der Waals surface area contributed by atoms with E-state index in [-0.39, 0.29) is 5.91 Å². The zero-order valence-electron chi connectivity index (χ0n) is 17.1. The molecule has 1 aliphatic rings. The molecule has 29 heavy (non-hydrogen) atoms. The number of benzene rings is 2. The van der Waals surface area contributed by atoms with Crippen molar-refractivity contribution in [2.45, 2.75) is 33.1 Å². The lowest BCUT2D eigenvalue weighted by Crippen LogP contribution is -2.36. The molecule has 1 saturated heterocycles. The fourth-order valence-electron chi connectivity index (χ4n) is 3.77. The molecule has 150 valence electrons. The number of ether oxygens (including phenoxy) is 1. The van der Waals surface area contributed by atoms with Crippen LogP contribution in [-0.4, -0.2) is 35.5 Å². The van der Waals surface area contributed by atoms with Gasteiger partial charge in [0, 0.05) is 24.2 Å². The predicted molar refractivity (Wildman–Crippen MR) is 117 cm³/mol. The maximum Gasteiger partial charge on any atom is 0.272 e. The van der Waals surface area contributed by atoms with E-state index in [4.69, 9.17) is 4.74 Å². The van der Waals surface area contributed by atoms with Gasteiger partial charge in [0.1, 0.15) is 11.4 Å². The van der Waals surface area contributed by atoms with Gasteiger partial charge < -0.3 is 15.0 Å². The number of hydrogen-bond acceptors (Lipinski definition) is 4. The van der Waals surface area contributed by atoms with Crippen LogP contribution in [0, 0.1) is 6.92 Å². The molecule has 1 N–H and O–H groups in total. The quantitative estimate of drug-likeness (QED) is 0.642. The lowest BCUT2D eigenvalue weighted by Gasteiger charge is -2.26. The minimum absolute atomic E-state index is 0.0157. The standard InChI is InChI=1S/C24H27N3O2/c1-3-29-19-10-8-18(9-11-19)25-22-16-23(24(28)27-13-5-4-6-14-27)26-21-12-7-17(2)15-20(21)22/h7-12,15-16H,3-6,13-14H2,1-2H3,(H,25,26). The van der Waals surface area contributed by atoms with Crippen LogP contribution in [0.15, 0.2) is 48.5 Å². The minimum atomic E-state index is 0.0157. The zero-order chi connectivity index (χ0) is 20.2. The number of rotatable bonds is 5. The van der Waals surface area contributed by atoms with Crippen molar-refractivity contribution < 1.29 is 9.53 Å². The van der Waals surface area contributed by atoms with E-state index >= 15 is 0 Å². The number of hydrogen-bond donors (Lipinski definition) is 1. The SMILES string of the molecule is CCOc1ccc(Nc2cc(C(=O)N3CCCCC3)nc3ccc(C)cc23)cc1. The molecule has 0 bridgehead atoms. The van der Waals surface area contributed by atoms with Crippen molar-refractivity contribution in [3.8, 4) is 5.75 Å². The number of likely N-dealkylation sites (tertiary alicyclic amines) is 1. The number of carbonyl (C=O) groups is 1. The van der Waals surface area contributed by atoms with E-state index in [1.165, 1.54) is 6.42 Å². The van der Waals surface area contributed by atoms with Gasteiger partial charge in [-0.25, -0.2) is 4.98 Å². The van der Waals surface area contributed by atoms with Crippen molar-refractivity contribution >= 4 is 28.2 Å². The molecule has 0 saturated carbocycles. The summed E-state index contributed by atoms with van der Waals surface area (Å²) in [5, 5.41) is 4.48. The van der Waals surface area contributed by atoms with Crippen molar-refractivity contribution in [2.75, 3.05) is 25.0 Å². The first kappa shape index (κ1) is 19.2. The third-order valence-electron chi connectivity index (χ3n) is 5.27. The van der Waals surface area contributed by atoms with Gasteiger partial charge >= 0.3 is 0 Å². The summed E-state index contributed by atoms with van der Waals surface area (Å²) in [4.78, 5) is 19.7. The normalized spacial score (nSPS) is 14.1. The first-order chi connectivity index (χ1) is 14.1. The second-order valence-corrected chi connectivity index (χ2v) is 7.51. The van der Waals surface area contributed by atoms with Crippen LogP contribution in [-0.2, 0) is 0 Å². The summed E-state index contributed by atoms with van der Waals surface area (Å²) < 4.78 is 5.53. The van der Waals surface area contributed by atoms with Gasteiger partial charge in [0.2, 0.25) is 0 Å². The molecule has 3 aromatic rings. The molecule has 1 amide bonds. The van der Waals surface area contributed by atoms with Crippen molar-refractivity contribution in [3.05, 3.63) is 59.8 Å². The van der Waals surface area contributed by atoms with E-state index in [1.54, 1.807) is 0 Å². The Labute approximate surface area is 171 Å². The maximum atomic E-state index is 13.1. The van der Waals surface area contributed by atoms with Gasteiger partial charge in [-0.15, -0.1) is 0 Å². The molecule has 2 heterocycles. The highest BCUT2D eigenvalue weighted by molar-refractivity contribution is 6.00. The first-order valence-corrected chi connectivity index (χ1v) is 10.3. The van der Waals surface area contributed by atoms with Gasteiger partial charge in [-0.05, 0) is 75.6 Å². The lowest BCUT2D eigenvalue weighted by atomic mass is 10.1. The van der Waals surface area contributed by atoms with Gasteiger partial charge in [0.15, 0.2) is 0 Å². The lowest BCUT2D eigenvalue weighted by molar-refractivity contribution is 0.0719. The molecule has 4 rings (SSSR count). The molecule has 0 radical (unpaired) electrons. The first-order valence-electron chi connectivity index (χ1n) is 10.3. The summed E-state index contributed by atoms with van der Waals surface area (Å²) in [5.74, 6) is 0.858. The Morgan fingerprint density at radius 1 is 1.07 bits per heavy atom. The van der Waals surface area contributed by atoms with Crippen molar-refractivity contribution in [1.29, 1.82) is 0 Å². The van der Waals surface area contributed by atoms with Crippen LogP contribution in [0.4, 0.5) is 11.4 Å². The van der Waals surface area contributed by atoms with E-state index in [1.807, 2.05) is 54.3 Å². The van der Waals surface area contributed by atoms with Gasteiger partial charge in [-0.2, -0.15) is 0 Å². The van der Waals surface area contributed by atoms with Crippen molar-refractivity contribution in [2.24, 2.45) is 0 Å². The Hall–Kier alpha value is -3.08. The van der Waals surface area contributed by atoms with Gasteiger partial charge in [0.05, 0.1) is 17.8 Å². The largest absolute Gasteiger partial charge is 0.494 e. The number of piperidine rings is 1. The number of pyridine rings is 1. The molecule has 0 unspecified atom stereocenters. The molecule has 1 aromatic heterocycles. The molecular weight excluding hydrogens is 362 g/mol. The Bertz CT molecular complexity index is 1010. The third kappa shape index (κ3) is 4.34. The molecule has 1 fully saturated rings. The number of amides is 1.